The van der Waals surface area contributed by atoms with Crippen molar-refractivity contribution in [2.75, 3.05) is 0 Å². The second-order valence-electron chi connectivity index (χ2n) is 5.01. The quantitative estimate of drug-likeness (QED) is 0.736. The summed E-state index contributed by atoms with van der Waals surface area (Å²) in [5.41, 5.74) is 9.73. The molecule has 0 bridgehead atoms. The maximum Gasteiger partial charge on any atom is 0.0795 e. The lowest BCUT2D eigenvalue weighted by molar-refractivity contribution is 0.342. The Balaban J connectivity index is 2.52. The van der Waals surface area contributed by atoms with Crippen LogP contribution in [0.1, 0.15) is 44.1 Å². The van der Waals surface area contributed by atoms with Crippen molar-refractivity contribution in [1.29, 1.82) is 0 Å². The second-order valence-corrected chi connectivity index (χ2v) is 5.01. The number of nitrogens with two attached hydrogens (primary N) is 1. The standard InChI is InChI=1S/C11H19N3/c1-11(2,3)14-10-6-4-5-8(10)9(7-12)13-14/h4-7,12H2,1-3H3. The molecule has 0 radical (unpaired) electrons. The van der Waals surface area contributed by atoms with E-state index < -0.39 is 0 Å². The number of hydrogen-bond acceptors (Lipinski definition) is 2. The van der Waals surface area contributed by atoms with E-state index in [0.717, 1.165) is 12.1 Å². The van der Waals surface area contributed by atoms with Gasteiger partial charge in [0.1, 0.15) is 0 Å². The lowest BCUT2D eigenvalue weighted by atomic mass is 10.1. The summed E-state index contributed by atoms with van der Waals surface area (Å²) in [6.07, 6.45) is 3.59. The third-order valence-electron chi connectivity index (χ3n) is 2.84. The summed E-state index contributed by atoms with van der Waals surface area (Å²) >= 11 is 0. The highest BCUT2D eigenvalue weighted by Gasteiger charge is 2.26. The summed E-state index contributed by atoms with van der Waals surface area (Å²) in [6, 6.07) is 0. The molecule has 0 amide bonds. The molecule has 0 saturated carbocycles. The van der Waals surface area contributed by atoms with Crippen LogP contribution in [0.2, 0.25) is 0 Å². The Morgan fingerprint density at radius 3 is 2.64 bits per heavy atom. The first kappa shape index (κ1) is 9.71. The van der Waals surface area contributed by atoms with Crippen LogP contribution in [0.25, 0.3) is 0 Å². The fourth-order valence-corrected chi connectivity index (χ4v) is 2.23. The van der Waals surface area contributed by atoms with Crippen molar-refractivity contribution >= 4 is 0 Å². The molecular formula is C11H19N3. The van der Waals surface area contributed by atoms with Gasteiger partial charge >= 0.3 is 0 Å². The molecule has 1 heterocycles. The molecule has 0 aromatic carbocycles. The minimum Gasteiger partial charge on any atom is -0.325 e. The lowest BCUT2D eigenvalue weighted by Gasteiger charge is -2.21. The largest absolute Gasteiger partial charge is 0.325 e. The van der Waals surface area contributed by atoms with Crippen molar-refractivity contribution in [2.24, 2.45) is 5.73 Å². The smallest absolute Gasteiger partial charge is 0.0795 e. The van der Waals surface area contributed by atoms with Crippen LogP contribution in [0.4, 0.5) is 0 Å². The Hall–Kier alpha value is -0.830. The van der Waals surface area contributed by atoms with Crippen LogP contribution in [-0.2, 0) is 24.9 Å². The molecular weight excluding hydrogens is 174 g/mol. The number of aromatic nitrogens is 2. The van der Waals surface area contributed by atoms with Gasteiger partial charge in [-0.1, -0.05) is 0 Å². The summed E-state index contributed by atoms with van der Waals surface area (Å²) in [4.78, 5) is 0. The van der Waals surface area contributed by atoms with E-state index >= 15 is 0 Å². The van der Waals surface area contributed by atoms with E-state index in [-0.39, 0.29) is 5.54 Å². The van der Waals surface area contributed by atoms with Crippen molar-refractivity contribution in [3.8, 4) is 0 Å². The lowest BCUT2D eigenvalue weighted by Crippen LogP contribution is -2.25. The van der Waals surface area contributed by atoms with Gasteiger partial charge in [0.25, 0.3) is 0 Å². The average Bonchev–Trinajstić information content (AvgIpc) is 2.59. The minimum atomic E-state index is 0.0852. The zero-order valence-electron chi connectivity index (χ0n) is 9.30. The van der Waals surface area contributed by atoms with Crippen LogP contribution in [-0.4, -0.2) is 9.78 Å². The van der Waals surface area contributed by atoms with Crippen molar-refractivity contribution in [2.45, 2.75) is 52.1 Å². The minimum absolute atomic E-state index is 0.0852. The molecule has 0 fully saturated rings. The summed E-state index contributed by atoms with van der Waals surface area (Å²) in [5, 5.41) is 4.61. The third kappa shape index (κ3) is 1.36. The molecule has 3 nitrogen and oxygen atoms in total. The normalized spacial score (nSPS) is 16.0. The fraction of sp³-hybridized carbons (Fsp3) is 0.727. The number of hydrogen-bond donors (Lipinski definition) is 1. The van der Waals surface area contributed by atoms with Crippen LogP contribution in [0.3, 0.4) is 0 Å². The topological polar surface area (TPSA) is 43.8 Å². The first-order chi connectivity index (χ1) is 6.54. The number of rotatable bonds is 1. The van der Waals surface area contributed by atoms with Crippen LogP contribution in [0.15, 0.2) is 0 Å². The molecule has 0 spiro atoms. The van der Waals surface area contributed by atoms with Gasteiger partial charge in [-0.05, 0) is 45.6 Å². The molecule has 78 valence electrons. The monoisotopic (exact) mass is 193 g/mol. The molecule has 0 unspecified atom stereocenters. The molecule has 1 aromatic rings. The first-order valence-electron chi connectivity index (χ1n) is 5.34. The van der Waals surface area contributed by atoms with Crippen LogP contribution in [0, 0.1) is 0 Å². The zero-order chi connectivity index (χ0) is 10.3. The highest BCUT2D eigenvalue weighted by Crippen LogP contribution is 2.29. The predicted molar refractivity (Wildman–Crippen MR) is 57.1 cm³/mol. The van der Waals surface area contributed by atoms with E-state index in [1.165, 1.54) is 24.1 Å². The average molecular weight is 193 g/mol. The van der Waals surface area contributed by atoms with Crippen LogP contribution in [0.5, 0.6) is 0 Å². The Morgan fingerprint density at radius 1 is 1.36 bits per heavy atom. The SMILES string of the molecule is CC(C)(C)n1nc(CN)c2c1CCC2. The Bertz CT molecular complexity index is 344. The van der Waals surface area contributed by atoms with Crippen LogP contribution >= 0.6 is 0 Å². The fourth-order valence-electron chi connectivity index (χ4n) is 2.23. The molecule has 1 aromatic heterocycles. The van der Waals surface area contributed by atoms with Crippen molar-refractivity contribution in [3.63, 3.8) is 0 Å². The van der Waals surface area contributed by atoms with Gasteiger partial charge in [-0.15, -0.1) is 0 Å². The predicted octanol–water partition coefficient (Wildman–Crippen LogP) is 1.59. The van der Waals surface area contributed by atoms with Gasteiger partial charge in [0.05, 0.1) is 11.2 Å². The van der Waals surface area contributed by atoms with Gasteiger partial charge in [0.15, 0.2) is 0 Å². The molecule has 3 heteroatoms. The van der Waals surface area contributed by atoms with E-state index in [0.29, 0.717) is 6.54 Å². The Kier molecular flexibility index (Phi) is 2.14. The highest BCUT2D eigenvalue weighted by atomic mass is 15.3. The van der Waals surface area contributed by atoms with E-state index in [1.54, 1.807) is 0 Å². The Morgan fingerprint density at radius 2 is 2.07 bits per heavy atom. The molecule has 2 rings (SSSR count). The third-order valence-corrected chi connectivity index (χ3v) is 2.84. The first-order valence-corrected chi connectivity index (χ1v) is 5.34. The van der Waals surface area contributed by atoms with Gasteiger partial charge in [-0.25, -0.2) is 0 Å². The molecule has 0 aliphatic heterocycles. The zero-order valence-corrected chi connectivity index (χ0v) is 9.30. The maximum atomic E-state index is 5.70. The molecule has 0 atom stereocenters. The highest BCUT2D eigenvalue weighted by molar-refractivity contribution is 5.31. The van der Waals surface area contributed by atoms with Crippen molar-refractivity contribution in [3.05, 3.63) is 17.0 Å². The van der Waals surface area contributed by atoms with Gasteiger partial charge in [0.2, 0.25) is 0 Å². The molecule has 14 heavy (non-hydrogen) atoms. The van der Waals surface area contributed by atoms with E-state index in [9.17, 15) is 0 Å². The van der Waals surface area contributed by atoms with Crippen molar-refractivity contribution < 1.29 is 0 Å². The Labute approximate surface area is 85.3 Å². The second kappa shape index (κ2) is 3.09. The van der Waals surface area contributed by atoms with Gasteiger partial charge in [-0.2, -0.15) is 5.10 Å². The summed E-state index contributed by atoms with van der Waals surface area (Å²) in [5.74, 6) is 0. The molecule has 1 aliphatic rings. The van der Waals surface area contributed by atoms with Gasteiger partial charge < -0.3 is 5.73 Å². The molecule has 1 aliphatic carbocycles. The summed E-state index contributed by atoms with van der Waals surface area (Å²) < 4.78 is 2.16. The summed E-state index contributed by atoms with van der Waals surface area (Å²) in [7, 11) is 0. The molecule has 2 N–H and O–H groups in total. The van der Waals surface area contributed by atoms with E-state index in [2.05, 4.69) is 30.6 Å². The van der Waals surface area contributed by atoms with Crippen LogP contribution < -0.4 is 5.73 Å². The maximum absolute atomic E-state index is 5.70. The number of fused-ring (bicyclic) bond motifs is 1. The number of nitrogens with zero attached hydrogens (tertiary/aromatic N) is 2. The van der Waals surface area contributed by atoms with Gasteiger partial charge in [-0.3, -0.25) is 4.68 Å². The van der Waals surface area contributed by atoms with E-state index in [4.69, 9.17) is 5.73 Å². The molecule has 0 saturated heterocycles. The van der Waals surface area contributed by atoms with Crippen molar-refractivity contribution in [1.82, 2.24) is 9.78 Å². The van der Waals surface area contributed by atoms with E-state index in [1.807, 2.05) is 0 Å². The van der Waals surface area contributed by atoms with Gasteiger partial charge in [0, 0.05) is 12.2 Å². The summed E-state index contributed by atoms with van der Waals surface area (Å²) in [6.45, 7) is 7.15.